The lowest BCUT2D eigenvalue weighted by Crippen LogP contribution is -2.31. The van der Waals surface area contributed by atoms with E-state index in [1.54, 1.807) is 44.6 Å². The van der Waals surface area contributed by atoms with Crippen LogP contribution in [-0.4, -0.2) is 119 Å². The fourth-order valence-corrected chi connectivity index (χ4v) is 7.05. The van der Waals surface area contributed by atoms with Crippen molar-refractivity contribution in [2.24, 2.45) is 0 Å². The highest BCUT2D eigenvalue weighted by molar-refractivity contribution is 6.15. The van der Waals surface area contributed by atoms with E-state index >= 15 is 0 Å². The zero-order valence-corrected chi connectivity index (χ0v) is 38.0. The van der Waals surface area contributed by atoms with Crippen molar-refractivity contribution in [3.8, 4) is 5.75 Å². The predicted molar refractivity (Wildman–Crippen MR) is 251 cm³/mol. The number of rotatable bonds is 28. The second kappa shape index (κ2) is 26.5. The van der Waals surface area contributed by atoms with E-state index < -0.39 is 9.85 Å². The average Bonchev–Trinajstić information content (AvgIpc) is 3.29. The van der Waals surface area contributed by atoms with E-state index in [2.05, 4.69) is 21.6 Å². The third-order valence-electron chi connectivity index (χ3n) is 10.9. The summed E-state index contributed by atoms with van der Waals surface area (Å²) in [5, 5.41) is 34.1. The highest BCUT2D eigenvalue weighted by Crippen LogP contribution is 2.38. The highest BCUT2D eigenvalue weighted by Gasteiger charge is 2.23. The van der Waals surface area contributed by atoms with Crippen molar-refractivity contribution < 1.29 is 38.7 Å². The van der Waals surface area contributed by atoms with Crippen molar-refractivity contribution in [2.45, 2.75) is 40.5 Å². The maximum Gasteiger partial charge on any atom is 0.269 e. The van der Waals surface area contributed by atoms with Gasteiger partial charge in [0.05, 0.1) is 49.5 Å². The summed E-state index contributed by atoms with van der Waals surface area (Å²) >= 11 is 0. The molecule has 0 amide bonds. The summed E-state index contributed by atoms with van der Waals surface area (Å²) in [6.45, 7) is 14.0. The number of benzene rings is 3. The van der Waals surface area contributed by atoms with Gasteiger partial charge in [-0.15, -0.1) is 0 Å². The molecule has 344 valence electrons. The lowest BCUT2D eigenvalue weighted by Gasteiger charge is -2.27. The minimum Gasteiger partial charge on any atom is -0.507 e. The van der Waals surface area contributed by atoms with E-state index in [4.69, 9.17) is 18.9 Å². The van der Waals surface area contributed by atoms with Gasteiger partial charge in [-0.2, -0.15) is 0 Å². The van der Waals surface area contributed by atoms with Crippen LogP contribution in [0, 0.1) is 20.2 Å². The van der Waals surface area contributed by atoms with Crippen LogP contribution in [-0.2, 0) is 30.2 Å². The number of hydrogen-bond donors (Lipinski definition) is 1. The Morgan fingerprint density at radius 2 is 1.34 bits per heavy atom. The summed E-state index contributed by atoms with van der Waals surface area (Å²) in [4.78, 5) is 42.1. The number of nitro groups is 2. The van der Waals surface area contributed by atoms with Crippen LogP contribution < -0.4 is 9.80 Å². The Hall–Kier alpha value is -6.13. The second-order valence-electron chi connectivity index (χ2n) is 15.2. The number of nitrogens with zero attached hydrogens (tertiary/aromatic N) is 5. The van der Waals surface area contributed by atoms with Crippen molar-refractivity contribution in [2.75, 3.05) is 103 Å². The molecule has 0 bridgehead atoms. The number of carbonyl (C=O) groups excluding carboxylic acids is 1. The molecule has 1 N–H and O–H groups in total. The maximum atomic E-state index is 14.3. The van der Waals surface area contributed by atoms with Crippen molar-refractivity contribution in [1.29, 1.82) is 0 Å². The standard InChI is InChI=1S/C49H63N5O10/c1-7-50(25-23-37(3)9-10-38(4)53(57)58)41-17-13-40(14-18-41)49(45-21-19-43(35-47(45)55)51(8-2)26-24-39-11-15-42(16-12-39)54(59)60)46-22-20-44(36-48(46)56)52(27-29-63-33-31-61-5)28-30-64-34-32-62-6/h9-22,35-36,56H,7-8,23-34H2,1-6H3/b37-9+,38-10+,49-45+. The molecule has 0 saturated heterocycles. The molecule has 0 saturated carbocycles. The first-order valence-corrected chi connectivity index (χ1v) is 21.6. The maximum absolute atomic E-state index is 14.3. The lowest BCUT2D eigenvalue weighted by molar-refractivity contribution is -0.424. The van der Waals surface area contributed by atoms with Crippen LogP contribution in [0.2, 0.25) is 0 Å². The molecule has 1 aliphatic rings. The summed E-state index contributed by atoms with van der Waals surface area (Å²) in [5.41, 5.74) is 6.79. The van der Waals surface area contributed by atoms with Crippen LogP contribution in [0.4, 0.5) is 17.1 Å². The van der Waals surface area contributed by atoms with Crippen LogP contribution in [0.5, 0.6) is 5.75 Å². The highest BCUT2D eigenvalue weighted by atomic mass is 16.6. The Labute approximate surface area is 376 Å². The van der Waals surface area contributed by atoms with Crippen molar-refractivity contribution >= 4 is 28.4 Å². The molecular formula is C49H63N5O10. The summed E-state index contributed by atoms with van der Waals surface area (Å²) in [6.07, 6.45) is 10.00. The Morgan fingerprint density at radius 1 is 0.719 bits per heavy atom. The molecule has 0 heterocycles. The zero-order chi connectivity index (χ0) is 46.4. The van der Waals surface area contributed by atoms with Crippen LogP contribution in [0.1, 0.15) is 50.8 Å². The quantitative estimate of drug-likeness (QED) is 0.0244. The Kier molecular flexibility index (Phi) is 20.9. The number of ketones is 1. The Morgan fingerprint density at radius 3 is 1.89 bits per heavy atom. The molecular weight excluding hydrogens is 819 g/mol. The van der Waals surface area contributed by atoms with Gasteiger partial charge in [-0.05, 0) is 81.2 Å². The summed E-state index contributed by atoms with van der Waals surface area (Å²) < 4.78 is 21.8. The predicted octanol–water partition coefficient (Wildman–Crippen LogP) is 8.17. The number of anilines is 2. The van der Waals surface area contributed by atoms with E-state index in [1.807, 2.05) is 62.4 Å². The number of ether oxygens (including phenoxy) is 4. The molecule has 0 aliphatic heterocycles. The first-order valence-electron chi connectivity index (χ1n) is 21.6. The van der Waals surface area contributed by atoms with Crippen LogP contribution in [0.15, 0.2) is 120 Å². The van der Waals surface area contributed by atoms with E-state index in [0.29, 0.717) is 102 Å². The first-order chi connectivity index (χ1) is 30.9. The monoisotopic (exact) mass is 881 g/mol. The number of phenolic OH excluding ortho intramolecular Hbond substituents is 1. The Balaban J connectivity index is 1.69. The number of allylic oxidation sites excluding steroid dienone is 7. The number of likely N-dealkylation sites (N-methyl/N-ethyl adjacent to an activating group) is 1. The van der Waals surface area contributed by atoms with Gasteiger partial charge in [0, 0.05) is 125 Å². The average molecular weight is 882 g/mol. The van der Waals surface area contributed by atoms with Gasteiger partial charge in [-0.25, -0.2) is 0 Å². The van der Waals surface area contributed by atoms with Gasteiger partial charge in [0.25, 0.3) is 5.69 Å². The van der Waals surface area contributed by atoms with Crippen LogP contribution in [0.3, 0.4) is 0 Å². The number of carbonyl (C=O) groups is 1. The molecule has 0 fully saturated rings. The molecule has 4 rings (SSSR count). The fourth-order valence-electron chi connectivity index (χ4n) is 7.05. The Bertz CT molecular complexity index is 2150. The van der Waals surface area contributed by atoms with Gasteiger partial charge in [0.2, 0.25) is 5.70 Å². The summed E-state index contributed by atoms with van der Waals surface area (Å²) in [7, 11) is 3.25. The minimum atomic E-state index is -0.417. The third-order valence-corrected chi connectivity index (χ3v) is 10.9. The molecule has 0 radical (unpaired) electrons. The zero-order valence-electron chi connectivity index (χ0n) is 38.0. The molecule has 64 heavy (non-hydrogen) atoms. The second-order valence-corrected chi connectivity index (χ2v) is 15.2. The van der Waals surface area contributed by atoms with Crippen molar-refractivity contribution in [3.63, 3.8) is 0 Å². The van der Waals surface area contributed by atoms with E-state index in [0.717, 1.165) is 40.3 Å². The van der Waals surface area contributed by atoms with Gasteiger partial charge >= 0.3 is 0 Å². The smallest absolute Gasteiger partial charge is 0.269 e. The number of aromatic hydroxyl groups is 1. The normalized spacial score (nSPS) is 13.8. The topological polar surface area (TPSA) is 170 Å². The minimum absolute atomic E-state index is 0.00255. The molecule has 3 aromatic rings. The van der Waals surface area contributed by atoms with E-state index in [-0.39, 0.29) is 22.9 Å². The number of phenols is 1. The number of non-ortho nitro benzene ring substituents is 1. The summed E-state index contributed by atoms with van der Waals surface area (Å²) in [6, 6.07) is 19.9. The molecule has 3 aromatic carbocycles. The van der Waals surface area contributed by atoms with E-state index in [1.165, 1.54) is 25.1 Å². The SMILES string of the molecule is CCN(CCc1ccc([N+](=O)[O-])cc1)C1=CC(=O)/C(=C(\c2ccc(N(CC)CC/C(C)=C/C=C(\C)[N+](=O)[O-])cc2)c2ccc(N(CCOCCOC)CCOCCOC)cc2O)C=C1. The van der Waals surface area contributed by atoms with E-state index in [9.17, 15) is 30.1 Å². The third kappa shape index (κ3) is 15.3. The van der Waals surface area contributed by atoms with Crippen molar-refractivity contribution in [3.05, 3.63) is 157 Å². The number of hydrogen-bond acceptors (Lipinski definition) is 13. The van der Waals surface area contributed by atoms with Crippen LogP contribution >= 0.6 is 0 Å². The van der Waals surface area contributed by atoms with Gasteiger partial charge in [0.15, 0.2) is 5.78 Å². The van der Waals surface area contributed by atoms with Crippen molar-refractivity contribution in [1.82, 2.24) is 4.90 Å². The van der Waals surface area contributed by atoms with Gasteiger partial charge in [-0.1, -0.05) is 35.9 Å². The van der Waals surface area contributed by atoms with Gasteiger partial charge in [0.1, 0.15) is 5.75 Å². The molecule has 15 heteroatoms. The molecule has 0 unspecified atom stereocenters. The largest absolute Gasteiger partial charge is 0.507 e. The molecule has 0 aromatic heterocycles. The number of nitro benzene ring substituents is 1. The van der Waals surface area contributed by atoms with Gasteiger partial charge < -0.3 is 38.8 Å². The summed E-state index contributed by atoms with van der Waals surface area (Å²) in [5.74, 6) is -0.210. The lowest BCUT2D eigenvalue weighted by atomic mass is 9.88. The molecule has 0 spiro atoms. The molecule has 1 aliphatic carbocycles. The first kappa shape index (κ1) is 50.5. The molecule has 0 atom stereocenters. The number of methoxy groups -OCH3 is 2. The van der Waals surface area contributed by atoms with Gasteiger partial charge in [-0.3, -0.25) is 25.0 Å². The van der Waals surface area contributed by atoms with Crippen LogP contribution in [0.25, 0.3) is 5.57 Å². The fraction of sp³-hybridized carbons (Fsp3) is 0.408. The molecule has 15 nitrogen and oxygen atoms in total.